The zero-order valence-corrected chi connectivity index (χ0v) is 10.1. The summed E-state index contributed by atoms with van der Waals surface area (Å²) in [6.07, 6.45) is -0.131. The van der Waals surface area contributed by atoms with Gasteiger partial charge in [0, 0.05) is 7.11 Å². The lowest BCUT2D eigenvalue weighted by Crippen LogP contribution is -2.61. The summed E-state index contributed by atoms with van der Waals surface area (Å²) in [5.74, 6) is 0. The number of benzene rings is 1. The molecule has 4 heteroatoms. The van der Waals surface area contributed by atoms with E-state index in [-0.39, 0.29) is 18.2 Å². The van der Waals surface area contributed by atoms with Crippen molar-refractivity contribution in [3.63, 3.8) is 0 Å². The number of nitrogens with zero attached hydrogens (tertiary/aromatic N) is 1. The molecule has 1 saturated heterocycles. The Kier molecular flexibility index (Phi) is 3.64. The third-order valence-electron chi connectivity index (χ3n) is 3.15. The van der Waals surface area contributed by atoms with Crippen molar-refractivity contribution in [1.82, 2.24) is 4.90 Å². The first-order valence-corrected chi connectivity index (χ1v) is 5.72. The Bertz CT molecular complexity index is 380. The van der Waals surface area contributed by atoms with Gasteiger partial charge in [-0.25, -0.2) is 4.79 Å². The molecule has 0 radical (unpaired) electrons. The number of ether oxygens (including phenoxy) is 2. The van der Waals surface area contributed by atoms with E-state index in [0.717, 1.165) is 5.56 Å². The van der Waals surface area contributed by atoms with E-state index in [2.05, 4.69) is 0 Å². The van der Waals surface area contributed by atoms with E-state index in [0.29, 0.717) is 13.2 Å². The second-order valence-corrected chi connectivity index (χ2v) is 4.21. The van der Waals surface area contributed by atoms with Gasteiger partial charge in [0.1, 0.15) is 6.61 Å². The van der Waals surface area contributed by atoms with E-state index in [1.54, 1.807) is 12.0 Å². The van der Waals surface area contributed by atoms with Crippen LogP contribution in [-0.2, 0) is 16.1 Å². The zero-order chi connectivity index (χ0) is 12.3. The highest BCUT2D eigenvalue weighted by Crippen LogP contribution is 2.21. The lowest BCUT2D eigenvalue weighted by molar-refractivity contribution is -0.0693. The summed E-state index contributed by atoms with van der Waals surface area (Å²) in [6.45, 7) is 2.90. The van der Waals surface area contributed by atoms with Gasteiger partial charge in [0.25, 0.3) is 0 Å². The molecule has 1 aliphatic heterocycles. The first-order chi connectivity index (χ1) is 8.22. The molecule has 1 fully saturated rings. The van der Waals surface area contributed by atoms with Gasteiger partial charge in [0.2, 0.25) is 0 Å². The van der Waals surface area contributed by atoms with E-state index in [1.165, 1.54) is 0 Å². The van der Waals surface area contributed by atoms with Gasteiger partial charge < -0.3 is 14.4 Å². The fraction of sp³-hybridized carbons (Fsp3) is 0.462. The molecule has 2 rings (SSSR count). The van der Waals surface area contributed by atoms with Gasteiger partial charge >= 0.3 is 6.09 Å². The SMILES string of the molecule is CO[C@H]1CN(C(=O)OCc2ccccc2)[C@H]1C. The van der Waals surface area contributed by atoms with Gasteiger partial charge in [0.05, 0.1) is 18.7 Å². The van der Waals surface area contributed by atoms with Crippen LogP contribution in [0.25, 0.3) is 0 Å². The summed E-state index contributed by atoms with van der Waals surface area (Å²) < 4.78 is 10.4. The van der Waals surface area contributed by atoms with E-state index in [4.69, 9.17) is 9.47 Å². The zero-order valence-electron chi connectivity index (χ0n) is 10.1. The van der Waals surface area contributed by atoms with Crippen LogP contribution in [0.3, 0.4) is 0 Å². The quantitative estimate of drug-likeness (QED) is 0.804. The molecule has 0 N–H and O–H groups in total. The topological polar surface area (TPSA) is 38.8 Å². The fourth-order valence-electron chi connectivity index (χ4n) is 1.89. The van der Waals surface area contributed by atoms with Crippen LogP contribution in [0.15, 0.2) is 30.3 Å². The van der Waals surface area contributed by atoms with Crippen molar-refractivity contribution in [2.75, 3.05) is 13.7 Å². The Morgan fingerprint density at radius 1 is 1.41 bits per heavy atom. The maximum absolute atomic E-state index is 11.7. The molecular weight excluding hydrogens is 218 g/mol. The maximum atomic E-state index is 11.7. The first kappa shape index (κ1) is 11.9. The average molecular weight is 235 g/mol. The minimum Gasteiger partial charge on any atom is -0.445 e. The van der Waals surface area contributed by atoms with Gasteiger partial charge in [-0.05, 0) is 12.5 Å². The summed E-state index contributed by atoms with van der Waals surface area (Å²) in [6, 6.07) is 9.76. The largest absolute Gasteiger partial charge is 0.445 e. The summed E-state index contributed by atoms with van der Waals surface area (Å²) in [4.78, 5) is 13.4. The molecule has 1 aliphatic rings. The Balaban J connectivity index is 1.79. The third-order valence-corrected chi connectivity index (χ3v) is 3.15. The van der Waals surface area contributed by atoms with Crippen molar-refractivity contribution in [2.24, 2.45) is 0 Å². The summed E-state index contributed by atoms with van der Waals surface area (Å²) in [7, 11) is 1.66. The predicted octanol–water partition coefficient (Wildman–Crippen LogP) is 2.04. The summed E-state index contributed by atoms with van der Waals surface area (Å²) in [5.41, 5.74) is 0.998. The highest BCUT2D eigenvalue weighted by atomic mass is 16.6. The number of amides is 1. The molecule has 2 atom stereocenters. The highest BCUT2D eigenvalue weighted by molar-refractivity contribution is 5.69. The maximum Gasteiger partial charge on any atom is 0.410 e. The number of likely N-dealkylation sites (tertiary alicyclic amines) is 1. The molecule has 4 nitrogen and oxygen atoms in total. The Labute approximate surface area is 101 Å². The van der Waals surface area contributed by atoms with Crippen LogP contribution < -0.4 is 0 Å². The molecule has 17 heavy (non-hydrogen) atoms. The van der Waals surface area contributed by atoms with Crippen LogP contribution in [-0.4, -0.2) is 36.8 Å². The van der Waals surface area contributed by atoms with Crippen LogP contribution >= 0.6 is 0 Å². The van der Waals surface area contributed by atoms with Crippen molar-refractivity contribution in [2.45, 2.75) is 25.7 Å². The molecule has 92 valence electrons. The number of carbonyl (C=O) groups excluding carboxylic acids is 1. The number of rotatable bonds is 3. The molecular formula is C13H17NO3. The molecule has 0 aliphatic carbocycles. The number of methoxy groups -OCH3 is 1. The second kappa shape index (κ2) is 5.19. The molecule has 0 bridgehead atoms. The summed E-state index contributed by atoms with van der Waals surface area (Å²) in [5, 5.41) is 0. The smallest absolute Gasteiger partial charge is 0.410 e. The van der Waals surface area contributed by atoms with Gasteiger partial charge in [0.15, 0.2) is 0 Å². The second-order valence-electron chi connectivity index (χ2n) is 4.21. The van der Waals surface area contributed by atoms with E-state index >= 15 is 0 Å². The van der Waals surface area contributed by atoms with Crippen LogP contribution in [0.2, 0.25) is 0 Å². The Hall–Kier alpha value is -1.55. The minimum absolute atomic E-state index is 0.100. The third kappa shape index (κ3) is 2.58. The van der Waals surface area contributed by atoms with Gasteiger partial charge in [-0.15, -0.1) is 0 Å². The van der Waals surface area contributed by atoms with Crippen molar-refractivity contribution >= 4 is 6.09 Å². The van der Waals surface area contributed by atoms with E-state index in [1.807, 2.05) is 37.3 Å². The van der Waals surface area contributed by atoms with Crippen molar-refractivity contribution in [3.05, 3.63) is 35.9 Å². The molecule has 1 aromatic carbocycles. The first-order valence-electron chi connectivity index (χ1n) is 5.72. The standard InChI is InChI=1S/C13H17NO3/c1-10-12(16-2)8-14(10)13(15)17-9-11-6-4-3-5-7-11/h3-7,10,12H,8-9H2,1-2H3/t10-,12-/m0/s1. The number of hydrogen-bond acceptors (Lipinski definition) is 3. The van der Waals surface area contributed by atoms with E-state index < -0.39 is 0 Å². The van der Waals surface area contributed by atoms with Gasteiger partial charge in [-0.3, -0.25) is 0 Å². The van der Waals surface area contributed by atoms with E-state index in [9.17, 15) is 4.79 Å². The van der Waals surface area contributed by atoms with Crippen LogP contribution in [0.4, 0.5) is 4.79 Å². The van der Waals surface area contributed by atoms with Crippen LogP contribution in [0, 0.1) is 0 Å². The summed E-state index contributed by atoms with van der Waals surface area (Å²) >= 11 is 0. The lowest BCUT2D eigenvalue weighted by atomic mass is 10.0. The molecule has 1 aromatic rings. The minimum atomic E-state index is -0.269. The predicted molar refractivity (Wildman–Crippen MR) is 63.6 cm³/mol. The average Bonchev–Trinajstić information content (AvgIpc) is 2.36. The molecule has 0 aromatic heterocycles. The van der Waals surface area contributed by atoms with Crippen molar-refractivity contribution < 1.29 is 14.3 Å². The molecule has 0 unspecified atom stereocenters. The Morgan fingerprint density at radius 2 is 2.12 bits per heavy atom. The fourth-order valence-corrected chi connectivity index (χ4v) is 1.89. The van der Waals surface area contributed by atoms with Gasteiger partial charge in [-0.1, -0.05) is 30.3 Å². The molecule has 0 spiro atoms. The highest BCUT2D eigenvalue weighted by Gasteiger charge is 2.39. The molecule has 1 heterocycles. The monoisotopic (exact) mass is 235 g/mol. The number of hydrogen-bond donors (Lipinski definition) is 0. The normalized spacial score (nSPS) is 23.1. The van der Waals surface area contributed by atoms with Crippen molar-refractivity contribution in [1.29, 1.82) is 0 Å². The Morgan fingerprint density at radius 3 is 2.71 bits per heavy atom. The molecule has 0 saturated carbocycles. The van der Waals surface area contributed by atoms with Gasteiger partial charge in [-0.2, -0.15) is 0 Å². The van der Waals surface area contributed by atoms with Crippen molar-refractivity contribution in [3.8, 4) is 0 Å². The van der Waals surface area contributed by atoms with Crippen LogP contribution in [0.1, 0.15) is 12.5 Å². The molecule has 1 amide bonds. The van der Waals surface area contributed by atoms with Crippen LogP contribution in [0.5, 0.6) is 0 Å². The lowest BCUT2D eigenvalue weighted by Gasteiger charge is -2.44. The number of carbonyl (C=O) groups is 1.